The predicted octanol–water partition coefficient (Wildman–Crippen LogP) is 4.63. The molecule has 3 atom stereocenters. The standard InChI is InChI=1S/C21H22ClN5O/c1-2-3-4-9-17(28)27-15-10-16(19(27)14-8-6-5-7-13(14)15)26-12-25-18-20(22)23-11-24-21(18)26/h5-8,11-12,15-16,19H,2-4,9-10H2,1H3/t15-,16?,19-/m1/s1. The maximum Gasteiger partial charge on any atom is 0.223 e. The zero-order valence-corrected chi connectivity index (χ0v) is 16.5. The van der Waals surface area contributed by atoms with Crippen molar-refractivity contribution in [2.24, 2.45) is 0 Å². The number of nitrogens with zero attached hydrogens (tertiary/aromatic N) is 5. The molecule has 2 aliphatic heterocycles. The zero-order chi connectivity index (χ0) is 19.3. The lowest BCUT2D eigenvalue weighted by molar-refractivity contribution is -0.133. The number of fused-ring (bicyclic) bond motifs is 6. The van der Waals surface area contributed by atoms with Gasteiger partial charge >= 0.3 is 0 Å². The topological polar surface area (TPSA) is 63.9 Å². The van der Waals surface area contributed by atoms with E-state index in [4.69, 9.17) is 11.6 Å². The van der Waals surface area contributed by atoms with Crippen molar-refractivity contribution in [1.29, 1.82) is 0 Å². The molecule has 3 aromatic rings. The molecule has 2 aromatic heterocycles. The lowest BCUT2D eigenvalue weighted by atomic mass is 9.88. The van der Waals surface area contributed by atoms with Gasteiger partial charge in [-0.1, -0.05) is 55.6 Å². The van der Waals surface area contributed by atoms with Crippen molar-refractivity contribution in [2.75, 3.05) is 0 Å². The quantitative estimate of drug-likeness (QED) is 0.466. The third kappa shape index (κ3) is 2.54. The molecule has 1 aromatic carbocycles. The number of hydrogen-bond donors (Lipinski definition) is 0. The van der Waals surface area contributed by atoms with Gasteiger partial charge in [0.2, 0.25) is 5.91 Å². The Morgan fingerprint density at radius 1 is 1.18 bits per heavy atom. The van der Waals surface area contributed by atoms with Gasteiger partial charge in [0.25, 0.3) is 0 Å². The van der Waals surface area contributed by atoms with Gasteiger partial charge in [0.1, 0.15) is 11.8 Å². The van der Waals surface area contributed by atoms with Gasteiger partial charge in [-0.05, 0) is 24.0 Å². The summed E-state index contributed by atoms with van der Waals surface area (Å²) >= 11 is 6.20. The summed E-state index contributed by atoms with van der Waals surface area (Å²) in [5.41, 5.74) is 3.87. The molecule has 1 fully saturated rings. The van der Waals surface area contributed by atoms with E-state index in [1.54, 1.807) is 6.33 Å². The first-order valence-electron chi connectivity index (χ1n) is 9.93. The number of halogens is 1. The summed E-state index contributed by atoms with van der Waals surface area (Å²) in [5.74, 6) is 0.249. The molecule has 28 heavy (non-hydrogen) atoms. The molecule has 0 saturated carbocycles. The summed E-state index contributed by atoms with van der Waals surface area (Å²) in [6, 6.07) is 8.67. The second-order valence-corrected chi connectivity index (χ2v) is 8.00. The molecule has 4 heterocycles. The molecule has 6 nitrogen and oxygen atoms in total. The van der Waals surface area contributed by atoms with Gasteiger partial charge in [0, 0.05) is 6.42 Å². The first kappa shape index (κ1) is 17.6. The van der Waals surface area contributed by atoms with Crippen LogP contribution >= 0.6 is 11.6 Å². The molecule has 2 bridgehead atoms. The van der Waals surface area contributed by atoms with Crippen LogP contribution < -0.4 is 0 Å². The van der Waals surface area contributed by atoms with E-state index in [-0.39, 0.29) is 24.0 Å². The number of unbranched alkanes of at least 4 members (excludes halogenated alkanes) is 2. The highest BCUT2D eigenvalue weighted by Crippen LogP contribution is 2.58. The number of benzene rings is 1. The summed E-state index contributed by atoms with van der Waals surface area (Å²) in [6.45, 7) is 2.16. The number of rotatable bonds is 5. The van der Waals surface area contributed by atoms with E-state index < -0.39 is 0 Å². The average molecular weight is 396 g/mol. The van der Waals surface area contributed by atoms with E-state index >= 15 is 0 Å². The minimum atomic E-state index is 0.0152. The highest BCUT2D eigenvalue weighted by molar-refractivity contribution is 6.33. The first-order valence-corrected chi connectivity index (χ1v) is 10.3. The summed E-state index contributed by atoms with van der Waals surface area (Å²) in [6.07, 6.45) is 7.89. The molecule has 1 unspecified atom stereocenters. The molecule has 0 radical (unpaired) electrons. The predicted molar refractivity (Wildman–Crippen MR) is 107 cm³/mol. The maximum absolute atomic E-state index is 13.1. The molecule has 5 rings (SSSR count). The van der Waals surface area contributed by atoms with Crippen molar-refractivity contribution in [3.05, 3.63) is 53.2 Å². The highest BCUT2D eigenvalue weighted by Gasteiger charge is 2.52. The number of imidazole rings is 1. The molecule has 0 aliphatic carbocycles. The van der Waals surface area contributed by atoms with Crippen molar-refractivity contribution in [2.45, 2.75) is 57.2 Å². The smallest absolute Gasteiger partial charge is 0.223 e. The van der Waals surface area contributed by atoms with E-state index in [2.05, 4.69) is 55.6 Å². The SMILES string of the molecule is CCCCCC(=O)N1[C@@H]2CC(n3cnc4c(Cl)ncnc43)[C@H]1c1ccccc12. The van der Waals surface area contributed by atoms with E-state index in [1.807, 2.05) is 0 Å². The van der Waals surface area contributed by atoms with Gasteiger partial charge < -0.3 is 9.47 Å². The fourth-order valence-electron chi connectivity index (χ4n) is 4.88. The third-order valence-electron chi connectivity index (χ3n) is 6.09. The molecular formula is C21H22ClN5O. The van der Waals surface area contributed by atoms with Crippen LogP contribution in [0, 0.1) is 0 Å². The summed E-state index contributed by atoms with van der Waals surface area (Å²) in [5, 5.41) is 0.361. The first-order chi connectivity index (χ1) is 13.7. The minimum absolute atomic E-state index is 0.0152. The number of aromatic nitrogens is 4. The summed E-state index contributed by atoms with van der Waals surface area (Å²) in [7, 11) is 0. The van der Waals surface area contributed by atoms with Crippen molar-refractivity contribution in [3.63, 3.8) is 0 Å². The van der Waals surface area contributed by atoms with Crippen LogP contribution in [-0.4, -0.2) is 30.3 Å². The van der Waals surface area contributed by atoms with E-state index in [9.17, 15) is 4.79 Å². The van der Waals surface area contributed by atoms with Crippen LogP contribution in [0.1, 0.15) is 68.3 Å². The van der Waals surface area contributed by atoms with Gasteiger partial charge in [0.05, 0.1) is 24.5 Å². The van der Waals surface area contributed by atoms with Gasteiger partial charge in [-0.25, -0.2) is 15.0 Å². The maximum atomic E-state index is 13.1. The molecule has 0 spiro atoms. The summed E-state index contributed by atoms with van der Waals surface area (Å²) in [4.78, 5) is 28.1. The van der Waals surface area contributed by atoms with Gasteiger partial charge in [-0.15, -0.1) is 0 Å². The van der Waals surface area contributed by atoms with Crippen molar-refractivity contribution >= 4 is 28.7 Å². The number of carbonyl (C=O) groups excluding carboxylic acids is 1. The second-order valence-electron chi connectivity index (χ2n) is 7.64. The Kier molecular flexibility index (Phi) is 4.31. The Morgan fingerprint density at radius 3 is 2.82 bits per heavy atom. The van der Waals surface area contributed by atoms with E-state index in [0.29, 0.717) is 17.1 Å². The fraction of sp³-hybridized carbons (Fsp3) is 0.429. The Morgan fingerprint density at radius 2 is 2.00 bits per heavy atom. The van der Waals surface area contributed by atoms with Crippen LogP contribution in [0.5, 0.6) is 0 Å². The molecule has 2 aliphatic rings. The molecular weight excluding hydrogens is 374 g/mol. The minimum Gasteiger partial charge on any atom is -0.326 e. The van der Waals surface area contributed by atoms with Gasteiger partial charge in [-0.2, -0.15) is 0 Å². The zero-order valence-electron chi connectivity index (χ0n) is 15.8. The van der Waals surface area contributed by atoms with Crippen molar-refractivity contribution in [1.82, 2.24) is 24.4 Å². The Balaban J connectivity index is 1.55. The van der Waals surface area contributed by atoms with Crippen LogP contribution in [0.25, 0.3) is 11.2 Å². The fourth-order valence-corrected chi connectivity index (χ4v) is 5.06. The lowest BCUT2D eigenvalue weighted by Gasteiger charge is -2.26. The molecule has 1 amide bonds. The Hall–Kier alpha value is -2.47. The molecule has 144 valence electrons. The van der Waals surface area contributed by atoms with Crippen LogP contribution in [0.2, 0.25) is 5.15 Å². The van der Waals surface area contributed by atoms with E-state index in [0.717, 1.165) is 31.3 Å². The van der Waals surface area contributed by atoms with Crippen LogP contribution in [0.15, 0.2) is 36.9 Å². The Labute approximate surface area is 168 Å². The average Bonchev–Trinajstić information content (AvgIpc) is 3.39. The normalized spacial score (nSPS) is 22.8. The van der Waals surface area contributed by atoms with Crippen molar-refractivity contribution < 1.29 is 4.79 Å². The lowest BCUT2D eigenvalue weighted by Crippen LogP contribution is -2.29. The summed E-state index contributed by atoms with van der Waals surface area (Å²) < 4.78 is 2.08. The van der Waals surface area contributed by atoms with Crippen molar-refractivity contribution in [3.8, 4) is 0 Å². The largest absolute Gasteiger partial charge is 0.326 e. The number of amides is 1. The molecule has 0 N–H and O–H groups in total. The number of hydrogen-bond acceptors (Lipinski definition) is 4. The van der Waals surface area contributed by atoms with Crippen LogP contribution in [-0.2, 0) is 4.79 Å². The van der Waals surface area contributed by atoms with Crippen LogP contribution in [0.3, 0.4) is 0 Å². The highest BCUT2D eigenvalue weighted by atomic mass is 35.5. The van der Waals surface area contributed by atoms with Crippen LogP contribution in [0.4, 0.5) is 0 Å². The Bertz CT molecular complexity index is 1050. The number of carbonyl (C=O) groups is 1. The molecule has 1 saturated heterocycles. The van der Waals surface area contributed by atoms with E-state index in [1.165, 1.54) is 17.5 Å². The molecule has 7 heteroatoms. The van der Waals surface area contributed by atoms with Gasteiger partial charge in [0.15, 0.2) is 10.8 Å². The monoisotopic (exact) mass is 395 g/mol. The third-order valence-corrected chi connectivity index (χ3v) is 6.37. The second kappa shape index (κ2) is 6.85. The van der Waals surface area contributed by atoms with Gasteiger partial charge in [-0.3, -0.25) is 4.79 Å².